The van der Waals surface area contributed by atoms with E-state index in [2.05, 4.69) is 18.7 Å². The number of likely N-dealkylation sites (tertiary alicyclic amines) is 1. The molecule has 1 aliphatic rings. The second kappa shape index (κ2) is 8.68. The molecule has 0 spiro atoms. The summed E-state index contributed by atoms with van der Waals surface area (Å²) >= 11 is 0. The van der Waals surface area contributed by atoms with Crippen LogP contribution in [-0.2, 0) is 19.9 Å². The molecule has 4 heteroatoms. The largest absolute Gasteiger partial charge is 0.461 e. The minimum absolute atomic E-state index is 0.273. The van der Waals surface area contributed by atoms with E-state index in [1.807, 2.05) is 60.7 Å². The molecule has 1 heterocycles. The topological polar surface area (TPSA) is 38.8 Å². The summed E-state index contributed by atoms with van der Waals surface area (Å²) in [6, 6.07) is 19.9. The van der Waals surface area contributed by atoms with Crippen LogP contribution in [0.5, 0.6) is 0 Å². The molecule has 0 saturated carbocycles. The highest BCUT2D eigenvalue weighted by Gasteiger charge is 2.44. The van der Waals surface area contributed by atoms with Crippen molar-refractivity contribution in [3.63, 3.8) is 0 Å². The lowest BCUT2D eigenvalue weighted by molar-refractivity contribution is -0.167. The fraction of sp³-hybridized carbons (Fsp3) is 0.435. The zero-order chi connectivity index (χ0) is 19.3. The van der Waals surface area contributed by atoms with Crippen LogP contribution in [0.2, 0.25) is 0 Å². The molecule has 1 atom stereocenters. The molecule has 0 bridgehead atoms. The van der Waals surface area contributed by atoms with Crippen molar-refractivity contribution in [2.75, 3.05) is 20.3 Å². The van der Waals surface area contributed by atoms with Gasteiger partial charge in [0, 0.05) is 19.2 Å². The number of methoxy groups -OCH3 is 1. The third-order valence-corrected chi connectivity index (χ3v) is 5.45. The van der Waals surface area contributed by atoms with Crippen LogP contribution in [0.3, 0.4) is 0 Å². The maximum Gasteiger partial charge on any atom is 0.347 e. The average molecular weight is 367 g/mol. The lowest BCUT2D eigenvalue weighted by Crippen LogP contribution is -2.44. The molecule has 0 N–H and O–H groups in total. The molecule has 4 nitrogen and oxygen atoms in total. The fourth-order valence-electron chi connectivity index (χ4n) is 4.06. The SMILES string of the molecule is COC(C(=O)OCC1CCCN1C(C)C)(c1ccccc1)c1ccccc1. The molecule has 0 radical (unpaired) electrons. The van der Waals surface area contributed by atoms with Crippen LogP contribution < -0.4 is 0 Å². The minimum atomic E-state index is -1.26. The summed E-state index contributed by atoms with van der Waals surface area (Å²) < 4.78 is 11.7. The average Bonchev–Trinajstić information content (AvgIpc) is 3.18. The number of hydrogen-bond donors (Lipinski definition) is 0. The van der Waals surface area contributed by atoms with Crippen LogP contribution >= 0.6 is 0 Å². The predicted molar refractivity (Wildman–Crippen MR) is 106 cm³/mol. The monoisotopic (exact) mass is 367 g/mol. The molecule has 1 aliphatic heterocycles. The molecular weight excluding hydrogens is 338 g/mol. The van der Waals surface area contributed by atoms with Crippen molar-refractivity contribution in [2.45, 2.75) is 44.4 Å². The third-order valence-electron chi connectivity index (χ3n) is 5.45. The first-order valence-corrected chi connectivity index (χ1v) is 9.68. The van der Waals surface area contributed by atoms with Gasteiger partial charge in [0.15, 0.2) is 0 Å². The highest BCUT2D eigenvalue weighted by Crippen LogP contribution is 2.35. The Balaban J connectivity index is 1.88. The number of benzene rings is 2. The quantitative estimate of drug-likeness (QED) is 0.694. The molecule has 2 aromatic rings. The minimum Gasteiger partial charge on any atom is -0.461 e. The van der Waals surface area contributed by atoms with E-state index in [0.717, 1.165) is 30.5 Å². The standard InChI is InChI=1S/C23H29NO3/c1-18(2)24-16-10-15-21(24)17-27-22(25)23(26-3,19-11-6-4-7-12-19)20-13-8-5-9-14-20/h4-9,11-14,18,21H,10,15-17H2,1-3H3. The van der Waals surface area contributed by atoms with E-state index in [-0.39, 0.29) is 12.0 Å². The summed E-state index contributed by atoms with van der Waals surface area (Å²) in [5.41, 5.74) is 0.288. The Morgan fingerprint density at radius 2 is 1.63 bits per heavy atom. The van der Waals surface area contributed by atoms with Crippen LogP contribution in [0.1, 0.15) is 37.8 Å². The van der Waals surface area contributed by atoms with Gasteiger partial charge in [-0.25, -0.2) is 4.79 Å². The van der Waals surface area contributed by atoms with E-state index in [4.69, 9.17) is 9.47 Å². The number of rotatable bonds is 7. The first-order chi connectivity index (χ1) is 13.1. The van der Waals surface area contributed by atoms with E-state index < -0.39 is 5.60 Å². The van der Waals surface area contributed by atoms with Crippen molar-refractivity contribution in [1.82, 2.24) is 4.90 Å². The zero-order valence-corrected chi connectivity index (χ0v) is 16.4. The van der Waals surface area contributed by atoms with E-state index >= 15 is 0 Å². The zero-order valence-electron chi connectivity index (χ0n) is 16.4. The van der Waals surface area contributed by atoms with Crippen molar-refractivity contribution in [3.8, 4) is 0 Å². The molecular formula is C23H29NO3. The summed E-state index contributed by atoms with van der Waals surface area (Å²) in [5, 5.41) is 0. The lowest BCUT2D eigenvalue weighted by Gasteiger charge is -2.33. The molecule has 0 amide bonds. The molecule has 1 unspecified atom stereocenters. The van der Waals surface area contributed by atoms with Crippen molar-refractivity contribution in [1.29, 1.82) is 0 Å². The number of ether oxygens (including phenoxy) is 2. The molecule has 2 aromatic carbocycles. The third kappa shape index (κ3) is 3.92. The van der Waals surface area contributed by atoms with Gasteiger partial charge < -0.3 is 9.47 Å². The van der Waals surface area contributed by atoms with Crippen LogP contribution in [0, 0.1) is 0 Å². The fourth-order valence-corrected chi connectivity index (χ4v) is 4.06. The van der Waals surface area contributed by atoms with Gasteiger partial charge in [0.05, 0.1) is 0 Å². The summed E-state index contributed by atoms with van der Waals surface area (Å²) in [7, 11) is 1.57. The highest BCUT2D eigenvalue weighted by molar-refractivity contribution is 5.85. The van der Waals surface area contributed by atoms with Gasteiger partial charge >= 0.3 is 5.97 Å². The van der Waals surface area contributed by atoms with Gasteiger partial charge in [-0.3, -0.25) is 4.90 Å². The highest BCUT2D eigenvalue weighted by atomic mass is 16.6. The molecule has 0 aromatic heterocycles. The first-order valence-electron chi connectivity index (χ1n) is 9.68. The van der Waals surface area contributed by atoms with Gasteiger partial charge in [-0.2, -0.15) is 0 Å². The normalized spacial score (nSPS) is 18.0. The van der Waals surface area contributed by atoms with Crippen LogP contribution in [-0.4, -0.2) is 43.2 Å². The molecule has 144 valence electrons. The van der Waals surface area contributed by atoms with Gasteiger partial charge in [0.1, 0.15) is 6.61 Å². The smallest absolute Gasteiger partial charge is 0.347 e. The second-order valence-corrected chi connectivity index (χ2v) is 7.34. The molecule has 27 heavy (non-hydrogen) atoms. The maximum absolute atomic E-state index is 13.4. The van der Waals surface area contributed by atoms with E-state index in [9.17, 15) is 4.79 Å². The predicted octanol–water partition coefficient (Wildman–Crippen LogP) is 3.99. The molecule has 0 aliphatic carbocycles. The van der Waals surface area contributed by atoms with Gasteiger partial charge in [0.2, 0.25) is 5.60 Å². The van der Waals surface area contributed by atoms with Gasteiger partial charge in [-0.05, 0) is 44.4 Å². The molecule has 3 rings (SSSR count). The van der Waals surface area contributed by atoms with Crippen molar-refractivity contribution < 1.29 is 14.3 Å². The summed E-state index contributed by atoms with van der Waals surface area (Å²) in [6.07, 6.45) is 2.20. The van der Waals surface area contributed by atoms with Crippen molar-refractivity contribution >= 4 is 5.97 Å². The molecule has 1 fully saturated rings. The molecule has 1 saturated heterocycles. The summed E-state index contributed by atoms with van der Waals surface area (Å²) in [6.45, 7) is 5.83. The Hall–Kier alpha value is -2.17. The van der Waals surface area contributed by atoms with Gasteiger partial charge in [0.25, 0.3) is 0 Å². The first kappa shape index (κ1) is 19.6. The van der Waals surface area contributed by atoms with E-state index in [1.165, 1.54) is 0 Å². The Labute approximate surface area is 162 Å². The van der Waals surface area contributed by atoms with E-state index in [0.29, 0.717) is 12.6 Å². The number of hydrogen-bond acceptors (Lipinski definition) is 4. The Kier molecular flexibility index (Phi) is 6.30. The Morgan fingerprint density at radius 1 is 1.07 bits per heavy atom. The van der Waals surface area contributed by atoms with Crippen LogP contribution in [0.25, 0.3) is 0 Å². The lowest BCUT2D eigenvalue weighted by atomic mass is 9.86. The number of nitrogens with zero attached hydrogens (tertiary/aromatic N) is 1. The van der Waals surface area contributed by atoms with Crippen molar-refractivity contribution in [3.05, 3.63) is 71.8 Å². The Bertz CT molecular complexity index is 690. The summed E-state index contributed by atoms with van der Waals surface area (Å²) in [5.74, 6) is -0.363. The van der Waals surface area contributed by atoms with E-state index in [1.54, 1.807) is 7.11 Å². The summed E-state index contributed by atoms with van der Waals surface area (Å²) in [4.78, 5) is 15.8. The Morgan fingerprint density at radius 3 is 2.11 bits per heavy atom. The number of esters is 1. The maximum atomic E-state index is 13.4. The van der Waals surface area contributed by atoms with Gasteiger partial charge in [-0.15, -0.1) is 0 Å². The number of carbonyl (C=O) groups is 1. The van der Waals surface area contributed by atoms with Gasteiger partial charge in [-0.1, -0.05) is 60.7 Å². The van der Waals surface area contributed by atoms with Crippen LogP contribution in [0.15, 0.2) is 60.7 Å². The number of carbonyl (C=O) groups excluding carboxylic acids is 1. The van der Waals surface area contributed by atoms with Crippen molar-refractivity contribution in [2.24, 2.45) is 0 Å². The second-order valence-electron chi connectivity index (χ2n) is 7.34. The van der Waals surface area contributed by atoms with Crippen LogP contribution in [0.4, 0.5) is 0 Å².